The Morgan fingerprint density at radius 2 is 1.77 bits per heavy atom. The van der Waals surface area contributed by atoms with E-state index in [4.69, 9.17) is 4.42 Å². The van der Waals surface area contributed by atoms with E-state index in [1.165, 1.54) is 0 Å². The Bertz CT molecular complexity index is 1300. The Morgan fingerprint density at radius 3 is 2.55 bits per heavy atom. The minimum atomic E-state index is -2.84. The molecule has 1 aromatic heterocycles. The van der Waals surface area contributed by atoms with Crippen molar-refractivity contribution in [1.82, 2.24) is 10.2 Å². The fourth-order valence-corrected chi connectivity index (χ4v) is 3.83. The van der Waals surface area contributed by atoms with Crippen molar-refractivity contribution in [2.45, 2.75) is 19.9 Å². The monoisotopic (exact) mass is 417 g/mol. The van der Waals surface area contributed by atoms with Crippen LogP contribution in [0, 0.1) is 6.92 Å². The molecule has 4 aromatic rings. The molecule has 1 aliphatic rings. The van der Waals surface area contributed by atoms with Gasteiger partial charge in [0, 0.05) is 16.7 Å². The summed E-state index contributed by atoms with van der Waals surface area (Å²) >= 11 is 0. The van der Waals surface area contributed by atoms with Crippen LogP contribution in [0.3, 0.4) is 0 Å². The lowest BCUT2D eigenvalue weighted by Crippen LogP contribution is -2.23. The zero-order valence-corrected chi connectivity index (χ0v) is 16.5. The zero-order chi connectivity index (χ0) is 21.5. The highest BCUT2D eigenvalue weighted by Gasteiger charge is 2.31. The molecule has 5 nitrogen and oxygen atoms in total. The Labute approximate surface area is 177 Å². The molecule has 1 amide bonds. The van der Waals surface area contributed by atoms with Gasteiger partial charge in [0.25, 0.3) is 11.8 Å². The van der Waals surface area contributed by atoms with E-state index in [9.17, 15) is 13.6 Å². The molecule has 0 atom stereocenters. The largest absolute Gasteiger partial charge is 0.415 e. The number of benzene rings is 3. The van der Waals surface area contributed by atoms with E-state index in [2.05, 4.69) is 16.3 Å². The van der Waals surface area contributed by atoms with E-state index in [1.54, 1.807) is 23.1 Å². The van der Waals surface area contributed by atoms with Gasteiger partial charge in [-0.25, -0.2) is 0 Å². The molecular formula is C24H17F2N3O2. The summed E-state index contributed by atoms with van der Waals surface area (Å²) in [6.45, 7) is 2.45. The topological polar surface area (TPSA) is 59.2 Å². The van der Waals surface area contributed by atoms with Crippen molar-refractivity contribution in [3.63, 3.8) is 0 Å². The molecular weight excluding hydrogens is 400 g/mol. The normalized spacial score (nSPS) is 13.2. The van der Waals surface area contributed by atoms with Crippen molar-refractivity contribution < 1.29 is 18.0 Å². The maximum Gasteiger partial charge on any atom is 0.314 e. The molecule has 1 aliphatic heterocycles. The van der Waals surface area contributed by atoms with Gasteiger partial charge >= 0.3 is 6.43 Å². The number of nitrogens with zero attached hydrogens (tertiary/aromatic N) is 3. The fourth-order valence-electron chi connectivity index (χ4n) is 3.83. The summed E-state index contributed by atoms with van der Waals surface area (Å²) in [5.41, 5.74) is 5.72. The predicted molar refractivity (Wildman–Crippen MR) is 112 cm³/mol. The number of halogens is 2. The van der Waals surface area contributed by atoms with Crippen LogP contribution < -0.4 is 4.90 Å². The number of aryl methyl sites for hydroxylation is 1. The third kappa shape index (κ3) is 3.38. The van der Waals surface area contributed by atoms with Crippen molar-refractivity contribution >= 4 is 11.6 Å². The van der Waals surface area contributed by atoms with Crippen molar-refractivity contribution in [2.75, 3.05) is 4.90 Å². The van der Waals surface area contributed by atoms with Crippen LogP contribution in [0.25, 0.3) is 22.6 Å². The highest BCUT2D eigenvalue weighted by molar-refractivity contribution is 6.12. The van der Waals surface area contributed by atoms with Crippen LogP contribution in [0.2, 0.25) is 0 Å². The Morgan fingerprint density at radius 1 is 0.935 bits per heavy atom. The summed E-state index contributed by atoms with van der Waals surface area (Å²) in [7, 11) is 0. The van der Waals surface area contributed by atoms with Gasteiger partial charge in [0.15, 0.2) is 0 Å². The summed E-state index contributed by atoms with van der Waals surface area (Å²) in [5, 5.41) is 7.03. The summed E-state index contributed by atoms with van der Waals surface area (Å²) in [5.74, 6) is -0.939. The molecule has 0 radical (unpaired) electrons. The first-order valence-corrected chi connectivity index (χ1v) is 9.74. The number of hydrogen-bond acceptors (Lipinski definition) is 4. The Kier molecular flexibility index (Phi) is 4.58. The van der Waals surface area contributed by atoms with Crippen LogP contribution in [0.4, 0.5) is 14.5 Å². The zero-order valence-electron chi connectivity index (χ0n) is 16.5. The smallest absolute Gasteiger partial charge is 0.314 e. The van der Waals surface area contributed by atoms with Crippen LogP contribution >= 0.6 is 0 Å². The van der Waals surface area contributed by atoms with E-state index < -0.39 is 12.3 Å². The van der Waals surface area contributed by atoms with Crippen LogP contribution in [0.5, 0.6) is 0 Å². The summed E-state index contributed by atoms with van der Waals surface area (Å²) < 4.78 is 30.6. The Balaban J connectivity index is 1.51. The van der Waals surface area contributed by atoms with E-state index in [0.29, 0.717) is 17.7 Å². The number of rotatable bonds is 4. The molecule has 7 heteroatoms. The third-order valence-electron chi connectivity index (χ3n) is 5.31. The number of hydrogen-bond donors (Lipinski definition) is 0. The number of carbonyl (C=O) groups is 1. The molecule has 5 rings (SSSR count). The van der Waals surface area contributed by atoms with E-state index in [1.807, 2.05) is 49.4 Å². The second-order valence-corrected chi connectivity index (χ2v) is 7.40. The Hall–Kier alpha value is -3.87. The van der Waals surface area contributed by atoms with Crippen LogP contribution in [-0.4, -0.2) is 16.1 Å². The van der Waals surface area contributed by atoms with Gasteiger partial charge in [-0.05, 0) is 36.2 Å². The molecule has 0 aliphatic carbocycles. The maximum atomic E-state index is 13.3. The number of alkyl halides is 2. The standard InChI is InChI=1S/C24H17F2N3O2/c1-14-5-4-6-15(11-14)18-7-2-3-8-20(18)29-13-17-10-9-16(12-19(17)24(29)30)22-27-28-23(31-22)21(25)26/h2-12,21H,13H2,1H3. The van der Waals surface area contributed by atoms with E-state index >= 15 is 0 Å². The van der Waals surface area contributed by atoms with Gasteiger partial charge in [0.2, 0.25) is 5.89 Å². The summed E-state index contributed by atoms with van der Waals surface area (Å²) in [6, 6.07) is 21.0. The molecule has 154 valence electrons. The lowest BCUT2D eigenvalue weighted by molar-refractivity contribution is 0.0996. The van der Waals surface area contributed by atoms with Crippen LogP contribution in [0.15, 0.2) is 71.1 Å². The lowest BCUT2D eigenvalue weighted by Gasteiger charge is -2.20. The minimum absolute atomic E-state index is 0.0375. The average Bonchev–Trinajstić information content (AvgIpc) is 3.39. The molecule has 3 aromatic carbocycles. The number of carbonyl (C=O) groups excluding carboxylic acids is 1. The van der Waals surface area contributed by atoms with Crippen molar-refractivity contribution in [3.8, 4) is 22.6 Å². The van der Waals surface area contributed by atoms with Crippen molar-refractivity contribution in [3.05, 3.63) is 89.3 Å². The molecule has 0 spiro atoms. The molecule has 0 fully saturated rings. The number of amides is 1. The van der Waals surface area contributed by atoms with E-state index in [0.717, 1.165) is 27.9 Å². The SMILES string of the molecule is Cc1cccc(-c2ccccc2N2Cc3ccc(-c4nnc(C(F)F)o4)cc3C2=O)c1. The second-order valence-electron chi connectivity index (χ2n) is 7.40. The minimum Gasteiger partial charge on any atom is -0.415 e. The number of fused-ring (bicyclic) bond motifs is 1. The highest BCUT2D eigenvalue weighted by atomic mass is 19.3. The van der Waals surface area contributed by atoms with Crippen molar-refractivity contribution in [2.24, 2.45) is 0 Å². The predicted octanol–water partition coefficient (Wildman–Crippen LogP) is 5.81. The quantitative estimate of drug-likeness (QED) is 0.420. The van der Waals surface area contributed by atoms with E-state index in [-0.39, 0.29) is 11.8 Å². The number of para-hydroxylation sites is 1. The fraction of sp³-hybridized carbons (Fsp3) is 0.125. The first kappa shape index (κ1) is 19.1. The average molecular weight is 417 g/mol. The third-order valence-corrected chi connectivity index (χ3v) is 5.31. The molecule has 0 saturated carbocycles. The van der Waals surface area contributed by atoms with Gasteiger partial charge in [0.1, 0.15) is 0 Å². The van der Waals surface area contributed by atoms with Gasteiger partial charge in [-0.3, -0.25) is 4.79 Å². The van der Waals surface area contributed by atoms with Crippen LogP contribution in [-0.2, 0) is 6.54 Å². The van der Waals surface area contributed by atoms with Gasteiger partial charge in [-0.1, -0.05) is 54.1 Å². The first-order valence-electron chi connectivity index (χ1n) is 9.74. The summed E-state index contributed by atoms with van der Waals surface area (Å²) in [4.78, 5) is 15.0. The van der Waals surface area contributed by atoms with Gasteiger partial charge in [0.05, 0.1) is 12.2 Å². The van der Waals surface area contributed by atoms with Crippen LogP contribution in [0.1, 0.15) is 33.8 Å². The molecule has 2 heterocycles. The lowest BCUT2D eigenvalue weighted by atomic mass is 10.0. The molecule has 0 saturated heterocycles. The molecule has 0 N–H and O–H groups in total. The molecule has 0 unspecified atom stereocenters. The van der Waals surface area contributed by atoms with Gasteiger partial charge < -0.3 is 9.32 Å². The first-order chi connectivity index (χ1) is 15.0. The van der Waals surface area contributed by atoms with Crippen molar-refractivity contribution in [1.29, 1.82) is 0 Å². The molecule has 0 bridgehead atoms. The number of aromatic nitrogens is 2. The maximum absolute atomic E-state index is 13.3. The summed E-state index contributed by atoms with van der Waals surface area (Å²) in [6.07, 6.45) is -2.84. The van der Waals surface area contributed by atoms with Gasteiger partial charge in [-0.15, -0.1) is 10.2 Å². The highest BCUT2D eigenvalue weighted by Crippen LogP contribution is 2.37. The van der Waals surface area contributed by atoms with Gasteiger partial charge in [-0.2, -0.15) is 8.78 Å². The number of anilines is 1. The molecule has 31 heavy (non-hydrogen) atoms. The second kappa shape index (κ2) is 7.43.